The maximum absolute atomic E-state index is 12.2. The molecule has 2 rings (SSSR count). The number of piperazine rings is 1. The van der Waals surface area contributed by atoms with E-state index in [4.69, 9.17) is 5.73 Å². The number of nitrogens with one attached hydrogen (secondary N) is 2. The molecular weight excluding hydrogens is 256 g/mol. The van der Waals surface area contributed by atoms with E-state index >= 15 is 0 Å². The molecule has 1 aromatic rings. The van der Waals surface area contributed by atoms with Crippen molar-refractivity contribution in [1.82, 2.24) is 10.2 Å². The van der Waals surface area contributed by atoms with Gasteiger partial charge in [-0.25, -0.2) is 0 Å². The Balaban J connectivity index is 1.99. The molecule has 1 unspecified atom stereocenters. The third-order valence-corrected chi connectivity index (χ3v) is 3.49. The van der Waals surface area contributed by atoms with E-state index in [2.05, 4.69) is 15.5 Å². The number of hydrogen-bond acceptors (Lipinski definition) is 4. The summed E-state index contributed by atoms with van der Waals surface area (Å²) in [6, 6.07) is 6.46. The molecule has 1 fully saturated rings. The number of hydrogen-bond donors (Lipinski definition) is 3. The fourth-order valence-corrected chi connectivity index (χ4v) is 2.23. The van der Waals surface area contributed by atoms with Gasteiger partial charge in [0.25, 0.3) is 0 Å². The van der Waals surface area contributed by atoms with Gasteiger partial charge in [0.05, 0.1) is 6.04 Å². The van der Waals surface area contributed by atoms with Crippen LogP contribution in [0.1, 0.15) is 17.3 Å². The zero-order valence-electron chi connectivity index (χ0n) is 11.6. The summed E-state index contributed by atoms with van der Waals surface area (Å²) in [4.78, 5) is 25.4. The van der Waals surface area contributed by atoms with Gasteiger partial charge in [-0.3, -0.25) is 14.5 Å². The second kappa shape index (κ2) is 6.49. The maximum atomic E-state index is 12.2. The first kappa shape index (κ1) is 14.5. The summed E-state index contributed by atoms with van der Waals surface area (Å²) in [7, 11) is 0. The van der Waals surface area contributed by atoms with E-state index in [1.165, 1.54) is 0 Å². The highest BCUT2D eigenvalue weighted by atomic mass is 16.2. The number of carbonyl (C=O) groups excluding carboxylic acids is 2. The van der Waals surface area contributed by atoms with Crippen LogP contribution >= 0.6 is 0 Å². The number of rotatable bonds is 4. The number of anilines is 1. The second-order valence-corrected chi connectivity index (χ2v) is 4.90. The first-order valence-corrected chi connectivity index (χ1v) is 6.73. The van der Waals surface area contributed by atoms with E-state index in [-0.39, 0.29) is 11.9 Å². The topological polar surface area (TPSA) is 87.5 Å². The quantitative estimate of drug-likeness (QED) is 0.723. The van der Waals surface area contributed by atoms with Crippen LogP contribution in [0.2, 0.25) is 0 Å². The summed E-state index contributed by atoms with van der Waals surface area (Å²) >= 11 is 0. The lowest BCUT2D eigenvalue weighted by molar-refractivity contribution is -0.120. The summed E-state index contributed by atoms with van der Waals surface area (Å²) in [5, 5.41) is 6.08. The molecule has 0 aromatic heterocycles. The average Bonchev–Trinajstić information content (AvgIpc) is 2.47. The zero-order valence-corrected chi connectivity index (χ0v) is 11.6. The van der Waals surface area contributed by atoms with Crippen LogP contribution in [0.5, 0.6) is 0 Å². The van der Waals surface area contributed by atoms with Gasteiger partial charge in [0.15, 0.2) is 0 Å². The van der Waals surface area contributed by atoms with Crippen LogP contribution in [0.25, 0.3) is 0 Å². The lowest BCUT2D eigenvalue weighted by Gasteiger charge is -2.31. The van der Waals surface area contributed by atoms with Gasteiger partial charge in [-0.15, -0.1) is 0 Å². The molecule has 1 aromatic carbocycles. The van der Waals surface area contributed by atoms with Crippen molar-refractivity contribution in [1.29, 1.82) is 0 Å². The lowest BCUT2D eigenvalue weighted by Crippen LogP contribution is -2.51. The molecule has 0 bridgehead atoms. The Kier molecular flexibility index (Phi) is 4.70. The summed E-state index contributed by atoms with van der Waals surface area (Å²) in [6.45, 7) is 5.40. The molecule has 1 aliphatic rings. The second-order valence-electron chi connectivity index (χ2n) is 4.90. The Labute approximate surface area is 118 Å². The Morgan fingerprint density at radius 3 is 2.70 bits per heavy atom. The van der Waals surface area contributed by atoms with Crippen LogP contribution in [0, 0.1) is 0 Å². The molecule has 0 saturated carbocycles. The van der Waals surface area contributed by atoms with Crippen molar-refractivity contribution in [3.05, 3.63) is 29.8 Å². The zero-order chi connectivity index (χ0) is 14.5. The third kappa shape index (κ3) is 3.55. The van der Waals surface area contributed by atoms with E-state index in [0.717, 1.165) is 26.2 Å². The Morgan fingerprint density at radius 2 is 2.05 bits per heavy atom. The third-order valence-electron chi connectivity index (χ3n) is 3.49. The van der Waals surface area contributed by atoms with Gasteiger partial charge in [0, 0.05) is 37.4 Å². The van der Waals surface area contributed by atoms with Crippen LogP contribution < -0.4 is 16.4 Å². The number of carbonyl (C=O) groups is 2. The molecule has 0 aliphatic carbocycles. The van der Waals surface area contributed by atoms with Crippen molar-refractivity contribution in [2.45, 2.75) is 13.0 Å². The van der Waals surface area contributed by atoms with E-state index in [1.807, 2.05) is 6.92 Å². The molecule has 20 heavy (non-hydrogen) atoms. The minimum Gasteiger partial charge on any atom is -0.366 e. The Morgan fingerprint density at radius 1 is 1.35 bits per heavy atom. The lowest BCUT2D eigenvalue weighted by atomic mass is 10.1. The van der Waals surface area contributed by atoms with Gasteiger partial charge in [0.1, 0.15) is 0 Å². The molecule has 1 atom stereocenters. The van der Waals surface area contributed by atoms with Gasteiger partial charge in [-0.05, 0) is 25.1 Å². The first-order valence-electron chi connectivity index (χ1n) is 6.73. The SMILES string of the molecule is CC(C(=O)Nc1cccc(C(N)=O)c1)N1CCNCC1. The molecule has 1 aliphatic heterocycles. The molecule has 0 spiro atoms. The monoisotopic (exact) mass is 276 g/mol. The molecule has 1 heterocycles. The Hall–Kier alpha value is -1.92. The van der Waals surface area contributed by atoms with Gasteiger partial charge < -0.3 is 16.4 Å². The van der Waals surface area contributed by atoms with Crippen LogP contribution in [0.4, 0.5) is 5.69 Å². The normalized spacial score (nSPS) is 17.4. The summed E-state index contributed by atoms with van der Waals surface area (Å²) < 4.78 is 0. The fourth-order valence-electron chi connectivity index (χ4n) is 2.23. The van der Waals surface area contributed by atoms with Crippen molar-refractivity contribution in [3.63, 3.8) is 0 Å². The van der Waals surface area contributed by atoms with Gasteiger partial charge in [-0.2, -0.15) is 0 Å². The number of nitrogens with two attached hydrogens (primary N) is 1. The van der Waals surface area contributed by atoms with Crippen molar-refractivity contribution >= 4 is 17.5 Å². The van der Waals surface area contributed by atoms with Gasteiger partial charge >= 0.3 is 0 Å². The first-order chi connectivity index (χ1) is 9.58. The highest BCUT2D eigenvalue weighted by Crippen LogP contribution is 2.12. The van der Waals surface area contributed by atoms with Gasteiger partial charge in [0.2, 0.25) is 11.8 Å². The smallest absolute Gasteiger partial charge is 0.248 e. The molecule has 4 N–H and O–H groups in total. The van der Waals surface area contributed by atoms with Crippen LogP contribution in [-0.2, 0) is 4.79 Å². The number of amides is 2. The molecule has 6 heteroatoms. The van der Waals surface area contributed by atoms with E-state index in [1.54, 1.807) is 24.3 Å². The molecule has 0 radical (unpaired) electrons. The molecule has 108 valence electrons. The summed E-state index contributed by atoms with van der Waals surface area (Å²) in [5.41, 5.74) is 6.20. The number of primary amides is 1. The van der Waals surface area contributed by atoms with E-state index in [0.29, 0.717) is 11.3 Å². The highest BCUT2D eigenvalue weighted by Gasteiger charge is 2.22. The average molecular weight is 276 g/mol. The minimum absolute atomic E-state index is 0.0754. The van der Waals surface area contributed by atoms with Gasteiger partial charge in [-0.1, -0.05) is 6.07 Å². The van der Waals surface area contributed by atoms with E-state index in [9.17, 15) is 9.59 Å². The molecule has 2 amide bonds. The Bertz CT molecular complexity index is 498. The molecule has 6 nitrogen and oxygen atoms in total. The number of nitrogens with zero attached hydrogens (tertiary/aromatic N) is 1. The minimum atomic E-state index is -0.503. The summed E-state index contributed by atoms with van der Waals surface area (Å²) in [5.74, 6) is -0.579. The maximum Gasteiger partial charge on any atom is 0.248 e. The number of benzene rings is 1. The van der Waals surface area contributed by atoms with Crippen LogP contribution in [0.15, 0.2) is 24.3 Å². The largest absolute Gasteiger partial charge is 0.366 e. The summed E-state index contributed by atoms with van der Waals surface area (Å²) in [6.07, 6.45) is 0. The highest BCUT2D eigenvalue weighted by molar-refractivity contribution is 5.97. The predicted molar refractivity (Wildman–Crippen MR) is 77.5 cm³/mol. The van der Waals surface area contributed by atoms with Crippen molar-refractivity contribution in [3.8, 4) is 0 Å². The van der Waals surface area contributed by atoms with Crippen molar-refractivity contribution in [2.75, 3.05) is 31.5 Å². The molecule has 1 saturated heterocycles. The van der Waals surface area contributed by atoms with Crippen molar-refractivity contribution in [2.24, 2.45) is 5.73 Å². The predicted octanol–water partition coefficient (Wildman–Crippen LogP) is 0.0177. The van der Waals surface area contributed by atoms with Crippen LogP contribution in [0.3, 0.4) is 0 Å². The van der Waals surface area contributed by atoms with Crippen LogP contribution in [-0.4, -0.2) is 48.9 Å². The molecular formula is C14H20N4O2. The fraction of sp³-hybridized carbons (Fsp3) is 0.429. The van der Waals surface area contributed by atoms with Crippen molar-refractivity contribution < 1.29 is 9.59 Å². The van der Waals surface area contributed by atoms with E-state index < -0.39 is 5.91 Å². The standard InChI is InChI=1S/C14H20N4O2/c1-10(18-7-5-16-6-8-18)14(20)17-12-4-2-3-11(9-12)13(15)19/h2-4,9-10,16H,5-8H2,1H3,(H2,15,19)(H,17,20).